The molecule has 0 aliphatic carbocycles. The van der Waals surface area contributed by atoms with Crippen LogP contribution in [0.25, 0.3) is 0 Å². The summed E-state index contributed by atoms with van der Waals surface area (Å²) in [4.78, 5) is 14.2. The molecule has 0 saturated carbocycles. The van der Waals surface area contributed by atoms with Crippen molar-refractivity contribution in [1.29, 1.82) is 0 Å². The van der Waals surface area contributed by atoms with E-state index in [1.54, 1.807) is 0 Å². The molecule has 1 saturated heterocycles. The zero-order valence-corrected chi connectivity index (χ0v) is 10.8. The second-order valence-corrected chi connectivity index (χ2v) is 4.89. The lowest BCUT2D eigenvalue weighted by Crippen LogP contribution is -2.60. The highest BCUT2D eigenvalue weighted by Gasteiger charge is 2.28. The van der Waals surface area contributed by atoms with E-state index in [1.165, 1.54) is 0 Å². The van der Waals surface area contributed by atoms with Gasteiger partial charge in [0.05, 0.1) is 5.54 Å². The fourth-order valence-electron chi connectivity index (χ4n) is 1.72. The SMILES string of the molecule is CCNC(C)(C)C(=O)NN1CCN(C)CC1. The highest BCUT2D eigenvalue weighted by molar-refractivity contribution is 5.84. The van der Waals surface area contributed by atoms with Gasteiger partial charge in [0, 0.05) is 26.2 Å². The van der Waals surface area contributed by atoms with Crippen LogP contribution in [-0.4, -0.2) is 61.1 Å². The van der Waals surface area contributed by atoms with Crippen LogP contribution in [0, 0.1) is 0 Å². The quantitative estimate of drug-likeness (QED) is 0.691. The number of hydrazine groups is 1. The lowest BCUT2D eigenvalue weighted by atomic mass is 10.1. The predicted molar refractivity (Wildman–Crippen MR) is 65.0 cm³/mol. The van der Waals surface area contributed by atoms with Crippen molar-refractivity contribution in [3.05, 3.63) is 0 Å². The summed E-state index contributed by atoms with van der Waals surface area (Å²) >= 11 is 0. The Morgan fingerprint density at radius 1 is 1.25 bits per heavy atom. The van der Waals surface area contributed by atoms with E-state index >= 15 is 0 Å². The van der Waals surface area contributed by atoms with Gasteiger partial charge in [-0.1, -0.05) is 6.92 Å². The monoisotopic (exact) mass is 228 g/mol. The third-order valence-electron chi connectivity index (χ3n) is 2.95. The van der Waals surface area contributed by atoms with E-state index in [0.717, 1.165) is 32.7 Å². The second-order valence-electron chi connectivity index (χ2n) is 4.89. The summed E-state index contributed by atoms with van der Waals surface area (Å²) in [5.41, 5.74) is 2.47. The van der Waals surface area contributed by atoms with Gasteiger partial charge in [0.25, 0.3) is 5.91 Å². The number of carbonyl (C=O) groups is 1. The summed E-state index contributed by atoms with van der Waals surface area (Å²) in [6, 6.07) is 0. The molecule has 0 radical (unpaired) electrons. The van der Waals surface area contributed by atoms with Crippen LogP contribution in [0.5, 0.6) is 0 Å². The van der Waals surface area contributed by atoms with E-state index in [1.807, 2.05) is 25.8 Å². The Bertz CT molecular complexity index is 234. The van der Waals surface area contributed by atoms with Gasteiger partial charge < -0.3 is 10.2 Å². The maximum absolute atomic E-state index is 12.0. The van der Waals surface area contributed by atoms with E-state index in [9.17, 15) is 4.79 Å². The number of rotatable bonds is 4. The van der Waals surface area contributed by atoms with E-state index in [0.29, 0.717) is 0 Å². The van der Waals surface area contributed by atoms with Gasteiger partial charge >= 0.3 is 0 Å². The van der Waals surface area contributed by atoms with Gasteiger partial charge in [-0.3, -0.25) is 10.2 Å². The molecule has 0 unspecified atom stereocenters. The summed E-state index contributed by atoms with van der Waals surface area (Å²) in [6.45, 7) is 10.4. The molecule has 0 bridgehead atoms. The van der Waals surface area contributed by atoms with Crippen molar-refractivity contribution in [2.24, 2.45) is 0 Å². The van der Waals surface area contributed by atoms with Crippen molar-refractivity contribution in [3.8, 4) is 0 Å². The fraction of sp³-hybridized carbons (Fsp3) is 0.909. The lowest BCUT2D eigenvalue weighted by molar-refractivity contribution is -0.132. The number of likely N-dealkylation sites (N-methyl/N-ethyl adjacent to an activating group) is 2. The molecule has 1 aliphatic heterocycles. The molecule has 5 nitrogen and oxygen atoms in total. The van der Waals surface area contributed by atoms with Crippen molar-refractivity contribution in [1.82, 2.24) is 20.7 Å². The molecule has 1 amide bonds. The second kappa shape index (κ2) is 5.61. The zero-order chi connectivity index (χ0) is 12.2. The smallest absolute Gasteiger partial charge is 0.253 e. The summed E-state index contributed by atoms with van der Waals surface area (Å²) in [5.74, 6) is 0.0407. The minimum Gasteiger partial charge on any atom is -0.304 e. The standard InChI is InChI=1S/C11H24N4O/c1-5-12-11(2,3)10(16)13-15-8-6-14(4)7-9-15/h12H,5-9H2,1-4H3,(H,13,16). The summed E-state index contributed by atoms with van der Waals surface area (Å²) in [5, 5.41) is 5.17. The highest BCUT2D eigenvalue weighted by Crippen LogP contribution is 2.03. The molecule has 0 spiro atoms. The Morgan fingerprint density at radius 2 is 1.81 bits per heavy atom. The van der Waals surface area contributed by atoms with Crippen molar-refractivity contribution in [3.63, 3.8) is 0 Å². The average molecular weight is 228 g/mol. The highest BCUT2D eigenvalue weighted by atomic mass is 16.2. The number of nitrogens with one attached hydrogen (secondary N) is 2. The van der Waals surface area contributed by atoms with Crippen LogP contribution in [0.2, 0.25) is 0 Å². The molecule has 1 aliphatic rings. The predicted octanol–water partition coefficient (Wildman–Crippen LogP) is -0.347. The lowest BCUT2D eigenvalue weighted by Gasteiger charge is -2.35. The fourth-order valence-corrected chi connectivity index (χ4v) is 1.72. The Labute approximate surface area is 98.1 Å². The van der Waals surface area contributed by atoms with Crippen molar-refractivity contribution < 1.29 is 4.79 Å². The zero-order valence-electron chi connectivity index (χ0n) is 10.8. The maximum Gasteiger partial charge on any atom is 0.253 e. The van der Waals surface area contributed by atoms with E-state index in [2.05, 4.69) is 22.7 Å². The molecular weight excluding hydrogens is 204 g/mol. The van der Waals surface area contributed by atoms with Crippen LogP contribution in [0.3, 0.4) is 0 Å². The third-order valence-corrected chi connectivity index (χ3v) is 2.95. The molecule has 94 valence electrons. The molecule has 2 N–H and O–H groups in total. The molecule has 1 fully saturated rings. The van der Waals surface area contributed by atoms with Gasteiger partial charge in [-0.15, -0.1) is 0 Å². The Kier molecular flexibility index (Phi) is 4.70. The number of amides is 1. The largest absolute Gasteiger partial charge is 0.304 e. The number of piperazine rings is 1. The molecule has 0 aromatic heterocycles. The van der Waals surface area contributed by atoms with Gasteiger partial charge in [0.15, 0.2) is 0 Å². The first kappa shape index (κ1) is 13.4. The maximum atomic E-state index is 12.0. The normalized spacial score (nSPS) is 19.8. The Balaban J connectivity index is 2.39. The number of hydrogen-bond donors (Lipinski definition) is 2. The molecule has 5 heteroatoms. The molecule has 0 aromatic rings. The van der Waals surface area contributed by atoms with Gasteiger partial charge in [-0.05, 0) is 27.4 Å². The number of carbonyl (C=O) groups excluding carboxylic acids is 1. The Hall–Kier alpha value is -0.650. The number of nitrogens with zero attached hydrogens (tertiary/aromatic N) is 2. The van der Waals surface area contributed by atoms with Crippen LogP contribution >= 0.6 is 0 Å². The first-order valence-electron chi connectivity index (χ1n) is 5.95. The van der Waals surface area contributed by atoms with Crippen molar-refractivity contribution >= 4 is 5.91 Å². The van der Waals surface area contributed by atoms with Gasteiger partial charge in [0.1, 0.15) is 0 Å². The summed E-state index contributed by atoms with van der Waals surface area (Å²) in [6.07, 6.45) is 0. The third kappa shape index (κ3) is 3.73. The number of hydrogen-bond acceptors (Lipinski definition) is 4. The first-order valence-corrected chi connectivity index (χ1v) is 5.95. The molecule has 0 atom stereocenters. The summed E-state index contributed by atoms with van der Waals surface area (Å²) < 4.78 is 0. The van der Waals surface area contributed by atoms with Crippen LogP contribution in [0.15, 0.2) is 0 Å². The molecule has 1 heterocycles. The minimum absolute atomic E-state index is 0.0407. The van der Waals surface area contributed by atoms with Gasteiger partial charge in [0.2, 0.25) is 0 Å². The van der Waals surface area contributed by atoms with Crippen LogP contribution in [0.4, 0.5) is 0 Å². The topological polar surface area (TPSA) is 47.6 Å². The molecule has 1 rings (SSSR count). The summed E-state index contributed by atoms with van der Waals surface area (Å²) in [7, 11) is 2.10. The van der Waals surface area contributed by atoms with Crippen LogP contribution in [0.1, 0.15) is 20.8 Å². The minimum atomic E-state index is -0.502. The van der Waals surface area contributed by atoms with Crippen LogP contribution < -0.4 is 10.7 Å². The Morgan fingerprint density at radius 3 is 2.31 bits per heavy atom. The van der Waals surface area contributed by atoms with E-state index < -0.39 is 5.54 Å². The molecule has 0 aromatic carbocycles. The van der Waals surface area contributed by atoms with Crippen molar-refractivity contribution in [2.45, 2.75) is 26.3 Å². The molecule has 16 heavy (non-hydrogen) atoms. The first-order chi connectivity index (χ1) is 7.45. The van der Waals surface area contributed by atoms with Crippen LogP contribution in [-0.2, 0) is 4.79 Å². The van der Waals surface area contributed by atoms with Crippen molar-refractivity contribution in [2.75, 3.05) is 39.8 Å². The van der Waals surface area contributed by atoms with Gasteiger partial charge in [-0.25, -0.2) is 5.01 Å². The van der Waals surface area contributed by atoms with Gasteiger partial charge in [-0.2, -0.15) is 0 Å². The molecular formula is C11H24N4O. The average Bonchev–Trinajstić information content (AvgIpc) is 2.21. The van der Waals surface area contributed by atoms with E-state index in [4.69, 9.17) is 0 Å². The van der Waals surface area contributed by atoms with E-state index in [-0.39, 0.29) is 5.91 Å².